The van der Waals surface area contributed by atoms with Gasteiger partial charge in [0, 0.05) is 0 Å². The van der Waals surface area contributed by atoms with E-state index in [0.29, 0.717) is 29.5 Å². The Labute approximate surface area is 184 Å². The Balaban J connectivity index is 1.54. The van der Waals surface area contributed by atoms with Crippen molar-refractivity contribution in [1.29, 1.82) is 0 Å². The zero-order chi connectivity index (χ0) is 22.9. The van der Waals surface area contributed by atoms with Gasteiger partial charge in [-0.05, 0) is 66.6 Å². The fourth-order valence-corrected chi connectivity index (χ4v) is 2.72. The molecule has 0 aromatic heterocycles. The number of carbonyl (C=O) groups is 2. The average molecular weight is 435 g/mol. The monoisotopic (exact) mass is 435 g/mol. The third-order valence-corrected chi connectivity index (χ3v) is 4.48. The van der Waals surface area contributed by atoms with Gasteiger partial charge in [-0.3, -0.25) is 9.59 Å². The van der Waals surface area contributed by atoms with Gasteiger partial charge in [0.2, 0.25) is 0 Å². The fraction of sp³-hybridized carbons (Fsp3) is 0.125. The lowest BCUT2D eigenvalue weighted by molar-refractivity contribution is -0.136. The summed E-state index contributed by atoms with van der Waals surface area (Å²) in [6.45, 7) is 2.01. The van der Waals surface area contributed by atoms with Crippen molar-refractivity contribution < 1.29 is 23.5 Å². The van der Waals surface area contributed by atoms with Gasteiger partial charge in [0.05, 0.1) is 18.5 Å². The molecule has 7 nitrogen and oxygen atoms in total. The highest BCUT2D eigenvalue weighted by Gasteiger charge is 2.15. The first-order valence-corrected chi connectivity index (χ1v) is 9.72. The Morgan fingerprint density at radius 2 is 1.62 bits per heavy atom. The molecule has 0 unspecified atom stereocenters. The van der Waals surface area contributed by atoms with E-state index in [1.807, 2.05) is 0 Å². The van der Waals surface area contributed by atoms with E-state index in [0.717, 1.165) is 11.1 Å². The number of hydrazone groups is 1. The minimum Gasteiger partial charge on any atom is -0.495 e. The van der Waals surface area contributed by atoms with E-state index in [9.17, 15) is 14.0 Å². The highest BCUT2D eigenvalue weighted by atomic mass is 19.1. The summed E-state index contributed by atoms with van der Waals surface area (Å²) in [5.41, 5.74) is 4.72. The Bertz CT molecular complexity index is 1110. The van der Waals surface area contributed by atoms with Crippen LogP contribution in [0.1, 0.15) is 18.1 Å². The predicted octanol–water partition coefficient (Wildman–Crippen LogP) is 3.89. The lowest BCUT2D eigenvalue weighted by atomic mass is 10.1. The number of para-hydroxylation sites is 2. The molecule has 0 aliphatic rings. The number of methoxy groups -OCH3 is 1. The van der Waals surface area contributed by atoms with Crippen LogP contribution >= 0.6 is 0 Å². The molecule has 0 heterocycles. The van der Waals surface area contributed by atoms with E-state index in [1.54, 1.807) is 67.6 Å². The van der Waals surface area contributed by atoms with Gasteiger partial charge in [0.1, 0.15) is 23.9 Å². The molecule has 0 aliphatic carbocycles. The number of hydrogen-bond acceptors (Lipinski definition) is 5. The average Bonchev–Trinajstić information content (AvgIpc) is 2.82. The van der Waals surface area contributed by atoms with Gasteiger partial charge in [-0.25, -0.2) is 9.82 Å². The summed E-state index contributed by atoms with van der Waals surface area (Å²) in [5.74, 6) is -0.997. The molecular formula is C24H22FN3O4. The largest absolute Gasteiger partial charge is 0.495 e. The lowest BCUT2D eigenvalue weighted by Gasteiger charge is -2.09. The maximum Gasteiger partial charge on any atom is 0.329 e. The van der Waals surface area contributed by atoms with Crippen LogP contribution < -0.4 is 20.2 Å². The molecular weight excluding hydrogens is 413 g/mol. The standard InChI is InChI=1S/C24H22FN3O4/c1-16(27-28-24(30)23(29)26-21-5-3-4-6-22(21)31-2)18-9-13-20(14-10-18)32-15-17-7-11-19(25)12-8-17/h3-14H,15H2,1-2H3,(H,26,29)(H,28,30). The molecule has 164 valence electrons. The molecule has 0 spiro atoms. The van der Waals surface area contributed by atoms with Crippen LogP contribution in [-0.2, 0) is 16.2 Å². The SMILES string of the molecule is COc1ccccc1NC(=O)C(=O)NN=C(C)c1ccc(OCc2ccc(F)cc2)cc1. The molecule has 32 heavy (non-hydrogen) atoms. The predicted molar refractivity (Wildman–Crippen MR) is 119 cm³/mol. The molecule has 0 saturated carbocycles. The minimum atomic E-state index is -0.908. The molecule has 3 rings (SSSR count). The first-order chi connectivity index (χ1) is 15.5. The smallest absolute Gasteiger partial charge is 0.329 e. The van der Waals surface area contributed by atoms with Gasteiger partial charge in [0.25, 0.3) is 0 Å². The van der Waals surface area contributed by atoms with Crippen molar-refractivity contribution in [2.24, 2.45) is 5.10 Å². The molecule has 0 saturated heterocycles. The van der Waals surface area contributed by atoms with E-state index in [1.165, 1.54) is 19.2 Å². The topological polar surface area (TPSA) is 89.0 Å². The number of amides is 2. The number of anilines is 1. The number of rotatable bonds is 7. The van der Waals surface area contributed by atoms with Crippen LogP contribution in [0.15, 0.2) is 77.9 Å². The zero-order valence-electron chi connectivity index (χ0n) is 17.6. The van der Waals surface area contributed by atoms with Crippen molar-refractivity contribution in [2.45, 2.75) is 13.5 Å². The number of ether oxygens (including phenoxy) is 2. The number of carbonyl (C=O) groups excluding carboxylic acids is 2. The Morgan fingerprint density at radius 3 is 2.31 bits per heavy atom. The van der Waals surface area contributed by atoms with Crippen LogP contribution in [0.4, 0.5) is 10.1 Å². The summed E-state index contributed by atoms with van der Waals surface area (Å²) in [4.78, 5) is 24.2. The quantitative estimate of drug-likeness (QED) is 0.335. The van der Waals surface area contributed by atoms with Gasteiger partial charge < -0.3 is 14.8 Å². The molecule has 0 radical (unpaired) electrons. The highest BCUT2D eigenvalue weighted by Crippen LogP contribution is 2.22. The van der Waals surface area contributed by atoms with Crippen LogP contribution in [-0.4, -0.2) is 24.6 Å². The summed E-state index contributed by atoms with van der Waals surface area (Å²) in [7, 11) is 1.47. The fourth-order valence-electron chi connectivity index (χ4n) is 2.72. The van der Waals surface area contributed by atoms with Crippen molar-refractivity contribution in [3.05, 3.63) is 89.7 Å². The second-order valence-electron chi connectivity index (χ2n) is 6.73. The Morgan fingerprint density at radius 1 is 0.938 bits per heavy atom. The van der Waals surface area contributed by atoms with Crippen LogP contribution in [0.2, 0.25) is 0 Å². The van der Waals surface area contributed by atoms with Crippen LogP contribution in [0.25, 0.3) is 0 Å². The van der Waals surface area contributed by atoms with Gasteiger partial charge in [-0.15, -0.1) is 0 Å². The van der Waals surface area contributed by atoms with E-state index < -0.39 is 11.8 Å². The van der Waals surface area contributed by atoms with E-state index in [2.05, 4.69) is 15.8 Å². The number of benzene rings is 3. The lowest BCUT2D eigenvalue weighted by Crippen LogP contribution is -2.33. The third kappa shape index (κ3) is 6.15. The van der Waals surface area contributed by atoms with Crippen molar-refractivity contribution >= 4 is 23.2 Å². The van der Waals surface area contributed by atoms with Crippen LogP contribution in [0, 0.1) is 5.82 Å². The number of hydrogen-bond donors (Lipinski definition) is 2. The van der Waals surface area contributed by atoms with Gasteiger partial charge >= 0.3 is 11.8 Å². The van der Waals surface area contributed by atoms with Gasteiger partial charge in [-0.1, -0.05) is 24.3 Å². The van der Waals surface area contributed by atoms with Gasteiger partial charge in [-0.2, -0.15) is 5.10 Å². The summed E-state index contributed by atoms with van der Waals surface area (Å²) in [5, 5.41) is 6.46. The first kappa shape index (κ1) is 22.5. The maximum atomic E-state index is 13.0. The van der Waals surface area contributed by atoms with Crippen molar-refractivity contribution in [2.75, 3.05) is 12.4 Å². The Hall–Kier alpha value is -4.20. The van der Waals surface area contributed by atoms with Crippen molar-refractivity contribution in [3.8, 4) is 11.5 Å². The van der Waals surface area contributed by atoms with Crippen molar-refractivity contribution in [1.82, 2.24) is 5.43 Å². The molecule has 0 atom stereocenters. The van der Waals surface area contributed by atoms with Gasteiger partial charge in [0.15, 0.2) is 0 Å². The number of halogens is 1. The number of nitrogens with zero attached hydrogens (tertiary/aromatic N) is 1. The molecule has 0 fully saturated rings. The van der Waals surface area contributed by atoms with Crippen LogP contribution in [0.5, 0.6) is 11.5 Å². The molecule has 8 heteroatoms. The number of nitrogens with one attached hydrogen (secondary N) is 2. The minimum absolute atomic E-state index is 0.294. The van der Waals surface area contributed by atoms with E-state index in [4.69, 9.17) is 9.47 Å². The molecule has 0 aliphatic heterocycles. The molecule has 2 amide bonds. The molecule has 0 bridgehead atoms. The highest BCUT2D eigenvalue weighted by molar-refractivity contribution is 6.39. The molecule has 3 aromatic carbocycles. The third-order valence-electron chi connectivity index (χ3n) is 4.48. The maximum absolute atomic E-state index is 13.0. The summed E-state index contributed by atoms with van der Waals surface area (Å²) in [6.07, 6.45) is 0. The second kappa shape index (κ2) is 10.7. The molecule has 2 N–H and O–H groups in total. The normalized spacial score (nSPS) is 10.9. The van der Waals surface area contributed by atoms with Crippen molar-refractivity contribution in [3.63, 3.8) is 0 Å². The van der Waals surface area contributed by atoms with E-state index in [-0.39, 0.29) is 5.82 Å². The summed E-state index contributed by atoms with van der Waals surface area (Å²) >= 11 is 0. The summed E-state index contributed by atoms with van der Waals surface area (Å²) < 4.78 is 23.8. The summed E-state index contributed by atoms with van der Waals surface area (Å²) in [6, 6.07) is 19.9. The van der Waals surface area contributed by atoms with Crippen LogP contribution in [0.3, 0.4) is 0 Å². The zero-order valence-corrected chi connectivity index (χ0v) is 17.6. The first-order valence-electron chi connectivity index (χ1n) is 9.72. The van der Waals surface area contributed by atoms with E-state index >= 15 is 0 Å². The second-order valence-corrected chi connectivity index (χ2v) is 6.73. The molecule has 3 aromatic rings. The Kier molecular flexibility index (Phi) is 7.53.